The van der Waals surface area contributed by atoms with E-state index in [1.54, 1.807) is 0 Å². The highest BCUT2D eigenvalue weighted by atomic mass is 16.2. The zero-order valence-corrected chi connectivity index (χ0v) is 14.8. The first-order chi connectivity index (χ1) is 11.7. The third-order valence-corrected chi connectivity index (χ3v) is 5.38. The van der Waals surface area contributed by atoms with Gasteiger partial charge in [-0.05, 0) is 38.8 Å². The maximum Gasteiger partial charge on any atom is 0.223 e. The monoisotopic (exact) mass is 334 g/mol. The van der Waals surface area contributed by atoms with Gasteiger partial charge >= 0.3 is 0 Å². The summed E-state index contributed by atoms with van der Waals surface area (Å²) in [5.74, 6) is 2.72. The molecule has 2 saturated heterocycles. The predicted molar refractivity (Wildman–Crippen MR) is 92.4 cm³/mol. The first kappa shape index (κ1) is 17.4. The number of piperidine rings is 2. The minimum absolute atomic E-state index is 0.180. The molecule has 2 aliphatic rings. The second kappa shape index (κ2) is 8.07. The summed E-state index contributed by atoms with van der Waals surface area (Å²) in [5.41, 5.74) is 5.48. The van der Waals surface area contributed by atoms with E-state index >= 15 is 0 Å². The summed E-state index contributed by atoms with van der Waals surface area (Å²) in [4.78, 5) is 16.4. The molecule has 0 unspecified atom stereocenters. The van der Waals surface area contributed by atoms with Crippen molar-refractivity contribution >= 4 is 5.91 Å². The standard InChI is InChI=1S/C17H30N6O/c1-21-15(13-22-9-3-2-4-10-22)19-20-17(21)14-6-11-23(12-7-14)16(24)5-8-18/h14H,2-13,18H2,1H3. The molecule has 0 radical (unpaired) electrons. The summed E-state index contributed by atoms with van der Waals surface area (Å²) in [6.45, 7) is 5.28. The van der Waals surface area contributed by atoms with Gasteiger partial charge in [0.25, 0.3) is 0 Å². The molecular formula is C17H30N6O. The highest BCUT2D eigenvalue weighted by Gasteiger charge is 2.27. The Kier molecular flexibility index (Phi) is 5.84. The van der Waals surface area contributed by atoms with Gasteiger partial charge in [-0.2, -0.15) is 0 Å². The Morgan fingerprint density at radius 3 is 2.50 bits per heavy atom. The second-order valence-electron chi connectivity index (χ2n) is 7.06. The molecule has 0 aliphatic carbocycles. The Morgan fingerprint density at radius 1 is 1.12 bits per heavy atom. The van der Waals surface area contributed by atoms with Gasteiger partial charge in [0.05, 0.1) is 6.54 Å². The fraction of sp³-hybridized carbons (Fsp3) is 0.824. The van der Waals surface area contributed by atoms with E-state index in [1.165, 1.54) is 32.4 Å². The number of hydrogen-bond donors (Lipinski definition) is 1. The largest absolute Gasteiger partial charge is 0.343 e. The van der Waals surface area contributed by atoms with Crippen molar-refractivity contribution in [2.24, 2.45) is 12.8 Å². The second-order valence-corrected chi connectivity index (χ2v) is 7.06. The van der Waals surface area contributed by atoms with Crippen LogP contribution in [0.15, 0.2) is 0 Å². The first-order valence-electron chi connectivity index (χ1n) is 9.27. The zero-order valence-electron chi connectivity index (χ0n) is 14.8. The van der Waals surface area contributed by atoms with Gasteiger partial charge in [0.15, 0.2) is 0 Å². The number of nitrogens with zero attached hydrogens (tertiary/aromatic N) is 5. The van der Waals surface area contributed by atoms with Crippen molar-refractivity contribution in [2.75, 3.05) is 32.7 Å². The molecule has 0 bridgehead atoms. The van der Waals surface area contributed by atoms with E-state index in [0.717, 1.165) is 44.1 Å². The van der Waals surface area contributed by atoms with Gasteiger partial charge < -0.3 is 15.2 Å². The van der Waals surface area contributed by atoms with Crippen molar-refractivity contribution in [3.63, 3.8) is 0 Å². The quantitative estimate of drug-likeness (QED) is 0.864. The number of carbonyl (C=O) groups excluding carboxylic acids is 1. The van der Waals surface area contributed by atoms with Crippen LogP contribution < -0.4 is 5.73 Å². The molecule has 2 fully saturated rings. The van der Waals surface area contributed by atoms with Crippen LogP contribution in [0.4, 0.5) is 0 Å². The van der Waals surface area contributed by atoms with E-state index in [9.17, 15) is 4.79 Å². The Hall–Kier alpha value is -1.47. The Balaban J connectivity index is 1.57. The van der Waals surface area contributed by atoms with E-state index in [0.29, 0.717) is 18.9 Å². The van der Waals surface area contributed by atoms with Gasteiger partial charge in [-0.3, -0.25) is 9.69 Å². The molecular weight excluding hydrogens is 304 g/mol. The molecule has 0 atom stereocenters. The normalized spacial score (nSPS) is 20.5. The highest BCUT2D eigenvalue weighted by molar-refractivity contribution is 5.76. The molecule has 1 amide bonds. The molecule has 1 aromatic heterocycles. The van der Waals surface area contributed by atoms with Gasteiger partial charge in [0, 0.05) is 39.0 Å². The molecule has 1 aromatic rings. The fourth-order valence-corrected chi connectivity index (χ4v) is 3.85. The summed E-state index contributed by atoms with van der Waals surface area (Å²) in [6.07, 6.45) is 6.31. The molecule has 0 spiro atoms. The topological polar surface area (TPSA) is 80.3 Å². The maximum absolute atomic E-state index is 11.9. The highest BCUT2D eigenvalue weighted by Crippen LogP contribution is 2.27. The van der Waals surface area contributed by atoms with Crippen LogP contribution >= 0.6 is 0 Å². The van der Waals surface area contributed by atoms with E-state index < -0.39 is 0 Å². The molecule has 2 N–H and O–H groups in total. The summed E-state index contributed by atoms with van der Waals surface area (Å²) < 4.78 is 2.18. The van der Waals surface area contributed by atoms with Crippen molar-refractivity contribution in [2.45, 2.75) is 51.0 Å². The van der Waals surface area contributed by atoms with Crippen molar-refractivity contribution in [1.29, 1.82) is 0 Å². The van der Waals surface area contributed by atoms with Gasteiger partial charge in [-0.25, -0.2) is 0 Å². The van der Waals surface area contributed by atoms with Crippen molar-refractivity contribution < 1.29 is 4.79 Å². The van der Waals surface area contributed by atoms with Gasteiger partial charge in [0.1, 0.15) is 11.6 Å². The molecule has 0 aromatic carbocycles. The zero-order chi connectivity index (χ0) is 16.9. The van der Waals surface area contributed by atoms with E-state index in [-0.39, 0.29) is 5.91 Å². The van der Waals surface area contributed by atoms with Crippen LogP contribution in [0.2, 0.25) is 0 Å². The molecule has 7 nitrogen and oxygen atoms in total. The van der Waals surface area contributed by atoms with E-state index in [1.807, 2.05) is 4.90 Å². The molecule has 0 saturated carbocycles. The van der Waals surface area contributed by atoms with Crippen LogP contribution in [-0.2, 0) is 18.4 Å². The van der Waals surface area contributed by atoms with Gasteiger partial charge in [-0.15, -0.1) is 10.2 Å². The van der Waals surface area contributed by atoms with Crippen LogP contribution in [0.3, 0.4) is 0 Å². The fourth-order valence-electron chi connectivity index (χ4n) is 3.85. The summed E-state index contributed by atoms with van der Waals surface area (Å²) in [5, 5.41) is 8.92. The Labute approximate surface area is 144 Å². The van der Waals surface area contributed by atoms with Crippen molar-refractivity contribution in [1.82, 2.24) is 24.6 Å². The molecule has 134 valence electrons. The van der Waals surface area contributed by atoms with Gasteiger partial charge in [-0.1, -0.05) is 6.42 Å². The Bertz CT molecular complexity index is 543. The number of amides is 1. The summed E-state index contributed by atoms with van der Waals surface area (Å²) >= 11 is 0. The molecule has 3 heterocycles. The van der Waals surface area contributed by atoms with E-state index in [2.05, 4.69) is 26.7 Å². The maximum atomic E-state index is 11.9. The summed E-state index contributed by atoms with van der Waals surface area (Å²) in [6, 6.07) is 0. The van der Waals surface area contributed by atoms with Crippen LogP contribution in [-0.4, -0.2) is 63.2 Å². The molecule has 3 rings (SSSR count). The minimum Gasteiger partial charge on any atom is -0.343 e. The van der Waals surface area contributed by atoms with Crippen LogP contribution in [0.25, 0.3) is 0 Å². The molecule has 24 heavy (non-hydrogen) atoms. The third kappa shape index (κ3) is 3.95. The Morgan fingerprint density at radius 2 is 1.83 bits per heavy atom. The molecule has 7 heteroatoms. The molecule has 2 aliphatic heterocycles. The smallest absolute Gasteiger partial charge is 0.223 e. The number of aromatic nitrogens is 3. The summed E-state index contributed by atoms with van der Waals surface area (Å²) in [7, 11) is 2.08. The lowest BCUT2D eigenvalue weighted by Gasteiger charge is -2.31. The lowest BCUT2D eigenvalue weighted by Crippen LogP contribution is -2.39. The lowest BCUT2D eigenvalue weighted by molar-refractivity contribution is -0.132. The predicted octanol–water partition coefficient (Wildman–Crippen LogP) is 0.856. The first-order valence-corrected chi connectivity index (χ1v) is 9.27. The van der Waals surface area contributed by atoms with Crippen molar-refractivity contribution in [3.8, 4) is 0 Å². The number of nitrogens with two attached hydrogens (primary N) is 1. The van der Waals surface area contributed by atoms with Crippen LogP contribution in [0.5, 0.6) is 0 Å². The SMILES string of the molecule is Cn1c(CN2CCCCC2)nnc1C1CCN(C(=O)CCN)CC1. The van der Waals surface area contributed by atoms with Crippen LogP contribution in [0.1, 0.15) is 56.1 Å². The van der Waals surface area contributed by atoms with Crippen molar-refractivity contribution in [3.05, 3.63) is 11.6 Å². The lowest BCUT2D eigenvalue weighted by atomic mass is 9.95. The minimum atomic E-state index is 0.180. The van der Waals surface area contributed by atoms with Crippen LogP contribution in [0, 0.1) is 0 Å². The number of likely N-dealkylation sites (tertiary alicyclic amines) is 2. The van der Waals surface area contributed by atoms with Gasteiger partial charge in [0.2, 0.25) is 5.91 Å². The number of hydrogen-bond acceptors (Lipinski definition) is 5. The third-order valence-electron chi connectivity index (χ3n) is 5.38. The average molecular weight is 334 g/mol. The number of rotatable bonds is 5. The van der Waals surface area contributed by atoms with E-state index in [4.69, 9.17) is 5.73 Å². The average Bonchev–Trinajstić information content (AvgIpc) is 2.97. The number of carbonyl (C=O) groups is 1.